The molecular formula is C22H32N4O4. The fraction of sp³-hybridized carbons (Fsp3) is 0.500. The second-order valence-electron chi connectivity index (χ2n) is 7.71. The number of amides is 1. The summed E-state index contributed by atoms with van der Waals surface area (Å²) in [6.07, 6.45) is 2.33. The van der Waals surface area contributed by atoms with E-state index in [4.69, 9.17) is 10.5 Å². The van der Waals surface area contributed by atoms with Gasteiger partial charge < -0.3 is 15.4 Å². The summed E-state index contributed by atoms with van der Waals surface area (Å²) in [5, 5.41) is 0. The lowest BCUT2D eigenvalue weighted by atomic mass is 10.1. The highest BCUT2D eigenvalue weighted by Gasteiger charge is 2.25. The first kappa shape index (κ1) is 23.3. The number of methoxy groups -OCH3 is 1. The summed E-state index contributed by atoms with van der Waals surface area (Å²) in [4.78, 5) is 42.0. The average Bonchev–Trinajstić information content (AvgIpc) is 2.70. The molecule has 0 bridgehead atoms. The van der Waals surface area contributed by atoms with Gasteiger partial charge >= 0.3 is 5.69 Å². The monoisotopic (exact) mass is 416 g/mol. The lowest BCUT2D eigenvalue weighted by molar-refractivity contribution is -0.118. The number of aromatic amines is 1. The number of unbranched alkanes of at least 4 members (excludes halogenated alkanes) is 1. The Balaban J connectivity index is 2.49. The number of anilines is 2. The van der Waals surface area contributed by atoms with Gasteiger partial charge in [0.25, 0.3) is 5.56 Å². The zero-order chi connectivity index (χ0) is 22.3. The quantitative estimate of drug-likeness (QED) is 0.618. The van der Waals surface area contributed by atoms with E-state index in [2.05, 4.69) is 4.98 Å². The largest absolute Gasteiger partial charge is 0.496 e. The molecule has 164 valence electrons. The molecule has 0 aliphatic rings. The smallest absolute Gasteiger partial charge is 0.330 e. The molecule has 1 aromatic heterocycles. The number of ether oxygens (including phenoxy) is 1. The first-order valence-electron chi connectivity index (χ1n) is 10.3. The van der Waals surface area contributed by atoms with Crippen molar-refractivity contribution in [2.24, 2.45) is 5.92 Å². The van der Waals surface area contributed by atoms with Crippen LogP contribution in [0.15, 0.2) is 33.9 Å². The van der Waals surface area contributed by atoms with Gasteiger partial charge in [-0.1, -0.05) is 45.4 Å². The minimum Gasteiger partial charge on any atom is -0.496 e. The fourth-order valence-corrected chi connectivity index (χ4v) is 3.23. The lowest BCUT2D eigenvalue weighted by Crippen LogP contribution is -2.42. The zero-order valence-electron chi connectivity index (χ0n) is 18.2. The number of carbonyl (C=O) groups excluding carboxylic acids is 1. The van der Waals surface area contributed by atoms with Gasteiger partial charge in [-0.15, -0.1) is 0 Å². The van der Waals surface area contributed by atoms with Crippen LogP contribution in [0.2, 0.25) is 0 Å². The van der Waals surface area contributed by atoms with Gasteiger partial charge in [-0.3, -0.25) is 19.1 Å². The molecule has 0 atom stereocenters. The van der Waals surface area contributed by atoms with E-state index in [1.807, 2.05) is 39.0 Å². The number of hydrogen-bond donors (Lipinski definition) is 2. The maximum atomic E-state index is 13.3. The van der Waals surface area contributed by atoms with Crippen molar-refractivity contribution in [3.63, 3.8) is 0 Å². The van der Waals surface area contributed by atoms with E-state index in [0.29, 0.717) is 36.7 Å². The molecule has 8 heteroatoms. The van der Waals surface area contributed by atoms with Gasteiger partial charge in [-0.2, -0.15) is 0 Å². The van der Waals surface area contributed by atoms with Crippen molar-refractivity contribution in [2.75, 3.05) is 24.3 Å². The Morgan fingerprint density at radius 2 is 1.97 bits per heavy atom. The van der Waals surface area contributed by atoms with E-state index in [9.17, 15) is 14.4 Å². The molecule has 2 rings (SSSR count). The second-order valence-corrected chi connectivity index (χ2v) is 7.71. The summed E-state index contributed by atoms with van der Waals surface area (Å²) in [6, 6.07) is 7.26. The van der Waals surface area contributed by atoms with Gasteiger partial charge in [0.2, 0.25) is 5.91 Å². The number of carbonyl (C=O) groups is 1. The molecule has 30 heavy (non-hydrogen) atoms. The predicted molar refractivity (Wildman–Crippen MR) is 119 cm³/mol. The van der Waals surface area contributed by atoms with Gasteiger partial charge in [0.05, 0.1) is 13.5 Å². The molecule has 0 saturated heterocycles. The average molecular weight is 417 g/mol. The van der Waals surface area contributed by atoms with E-state index in [0.717, 1.165) is 12.8 Å². The first-order chi connectivity index (χ1) is 14.3. The van der Waals surface area contributed by atoms with Crippen LogP contribution in [0.25, 0.3) is 0 Å². The number of nitrogens with one attached hydrogen (secondary N) is 1. The van der Waals surface area contributed by atoms with E-state index in [1.54, 1.807) is 13.2 Å². The summed E-state index contributed by atoms with van der Waals surface area (Å²) in [6.45, 7) is 6.78. The Bertz CT molecular complexity index is 978. The second kappa shape index (κ2) is 10.7. The summed E-state index contributed by atoms with van der Waals surface area (Å²) in [5.74, 6) is 0.662. The molecule has 1 amide bonds. The topological polar surface area (TPSA) is 110 Å². The molecular weight excluding hydrogens is 384 g/mol. The zero-order valence-corrected chi connectivity index (χ0v) is 18.2. The number of benzene rings is 1. The molecule has 0 saturated carbocycles. The number of nitrogens with zero attached hydrogens (tertiary/aromatic N) is 2. The minimum atomic E-state index is -0.651. The normalized spacial score (nSPS) is 11.0. The number of hydrogen-bond acceptors (Lipinski definition) is 5. The fourth-order valence-electron chi connectivity index (χ4n) is 3.23. The first-order valence-corrected chi connectivity index (χ1v) is 10.3. The molecule has 3 N–H and O–H groups in total. The molecule has 0 radical (unpaired) electrons. The minimum absolute atomic E-state index is 0.0225. The Hall–Kier alpha value is -3.03. The summed E-state index contributed by atoms with van der Waals surface area (Å²) in [5.41, 5.74) is 5.78. The summed E-state index contributed by atoms with van der Waals surface area (Å²) < 4.78 is 6.68. The van der Waals surface area contributed by atoms with Crippen LogP contribution in [-0.2, 0) is 17.8 Å². The maximum Gasteiger partial charge on any atom is 0.330 e. The number of para-hydroxylation sites is 1. The van der Waals surface area contributed by atoms with Crippen molar-refractivity contribution in [2.45, 2.75) is 53.0 Å². The van der Waals surface area contributed by atoms with Crippen LogP contribution in [0, 0.1) is 5.92 Å². The van der Waals surface area contributed by atoms with Gasteiger partial charge in [0.15, 0.2) is 5.69 Å². The van der Waals surface area contributed by atoms with Crippen molar-refractivity contribution in [1.29, 1.82) is 0 Å². The number of aromatic nitrogens is 2. The number of rotatable bonds is 10. The standard InChI is InChI=1S/C22H32N4O4/c1-5-6-12-26-20(23)19(21(28)24-22(26)29)25(13-11-15(2)3)18(27)14-16-9-7-8-10-17(16)30-4/h7-10,15H,5-6,11-14,23H2,1-4H3,(H,24,28,29). The van der Waals surface area contributed by atoms with Crippen LogP contribution < -0.4 is 26.6 Å². The van der Waals surface area contributed by atoms with Gasteiger partial charge in [0.1, 0.15) is 11.6 Å². The van der Waals surface area contributed by atoms with Crippen LogP contribution >= 0.6 is 0 Å². The van der Waals surface area contributed by atoms with Crippen LogP contribution in [0.5, 0.6) is 5.75 Å². The Morgan fingerprint density at radius 3 is 2.60 bits per heavy atom. The van der Waals surface area contributed by atoms with Crippen molar-refractivity contribution in [3.05, 3.63) is 50.7 Å². The molecule has 0 spiro atoms. The Morgan fingerprint density at radius 1 is 1.27 bits per heavy atom. The third kappa shape index (κ3) is 5.52. The third-order valence-electron chi connectivity index (χ3n) is 4.98. The van der Waals surface area contributed by atoms with E-state index < -0.39 is 11.2 Å². The van der Waals surface area contributed by atoms with E-state index >= 15 is 0 Å². The molecule has 0 aliphatic carbocycles. The van der Waals surface area contributed by atoms with E-state index in [1.165, 1.54) is 9.47 Å². The van der Waals surface area contributed by atoms with Crippen LogP contribution in [0.4, 0.5) is 11.5 Å². The predicted octanol–water partition coefficient (Wildman–Crippen LogP) is 2.55. The van der Waals surface area contributed by atoms with Gasteiger partial charge in [0, 0.05) is 18.7 Å². The third-order valence-corrected chi connectivity index (χ3v) is 4.98. The van der Waals surface area contributed by atoms with Crippen molar-refractivity contribution < 1.29 is 9.53 Å². The number of nitrogen functional groups attached to an aromatic ring is 1. The lowest BCUT2D eigenvalue weighted by Gasteiger charge is -2.25. The highest BCUT2D eigenvalue weighted by molar-refractivity contribution is 5.97. The highest BCUT2D eigenvalue weighted by Crippen LogP contribution is 2.23. The van der Waals surface area contributed by atoms with E-state index in [-0.39, 0.29) is 23.8 Å². The van der Waals surface area contributed by atoms with Crippen molar-refractivity contribution in [1.82, 2.24) is 9.55 Å². The SMILES string of the molecule is CCCCn1c(N)c(N(CCC(C)C)C(=O)Cc2ccccc2OC)c(=O)[nH]c1=O. The summed E-state index contributed by atoms with van der Waals surface area (Å²) in [7, 11) is 1.55. The van der Waals surface area contributed by atoms with Crippen molar-refractivity contribution in [3.8, 4) is 5.75 Å². The number of H-pyrrole nitrogens is 1. The molecule has 0 unspecified atom stereocenters. The molecule has 8 nitrogen and oxygen atoms in total. The van der Waals surface area contributed by atoms with Crippen LogP contribution in [0.3, 0.4) is 0 Å². The van der Waals surface area contributed by atoms with Crippen molar-refractivity contribution >= 4 is 17.4 Å². The molecule has 1 heterocycles. The highest BCUT2D eigenvalue weighted by atomic mass is 16.5. The van der Waals surface area contributed by atoms with Gasteiger partial charge in [-0.05, 0) is 24.8 Å². The number of nitrogens with two attached hydrogens (primary N) is 1. The Kier molecular flexibility index (Phi) is 8.26. The van der Waals surface area contributed by atoms with Crippen LogP contribution in [-0.4, -0.2) is 29.1 Å². The molecule has 1 aromatic carbocycles. The maximum absolute atomic E-state index is 13.3. The molecule has 0 fully saturated rings. The summed E-state index contributed by atoms with van der Waals surface area (Å²) >= 11 is 0. The van der Waals surface area contributed by atoms with Gasteiger partial charge in [-0.25, -0.2) is 4.79 Å². The molecule has 0 aliphatic heterocycles. The molecule has 2 aromatic rings. The van der Waals surface area contributed by atoms with Crippen LogP contribution in [0.1, 0.15) is 45.6 Å². The Labute approximate surface area is 176 Å².